The average molecular weight is 371 g/mol. The fourth-order valence-corrected chi connectivity index (χ4v) is 3.29. The first kappa shape index (κ1) is 17.5. The molecule has 0 spiro atoms. The molecule has 1 aliphatic rings. The van der Waals surface area contributed by atoms with Crippen molar-refractivity contribution in [3.63, 3.8) is 0 Å². The number of halogens is 3. The van der Waals surface area contributed by atoms with Crippen LogP contribution in [0.3, 0.4) is 0 Å². The molecule has 2 aromatic carbocycles. The number of H-pyrrole nitrogens is 1. The summed E-state index contributed by atoms with van der Waals surface area (Å²) in [6, 6.07) is 10.7. The number of nitrogens with zero attached hydrogens (tertiary/aromatic N) is 2. The van der Waals surface area contributed by atoms with Crippen LogP contribution in [-0.2, 0) is 19.5 Å². The van der Waals surface area contributed by atoms with Gasteiger partial charge in [-0.25, -0.2) is 18.2 Å². The highest BCUT2D eigenvalue weighted by molar-refractivity contribution is 5.54. The number of fused-ring (bicyclic) bond motifs is 1. The standard InChI is InChI=1S/C20H16F3N3O/c21-15-9-17(23)16(22)8-13(15)10-26-7-6-14-18(11-26)24-19(25-20(14)27)12-4-2-1-3-5-12/h1-5,8-9H,6-7,10-11H2,(H,24,25,27). The third-order valence-corrected chi connectivity index (χ3v) is 4.68. The number of nitrogens with one attached hydrogen (secondary N) is 1. The fourth-order valence-electron chi connectivity index (χ4n) is 3.29. The second-order valence-corrected chi connectivity index (χ2v) is 6.52. The molecule has 0 radical (unpaired) electrons. The summed E-state index contributed by atoms with van der Waals surface area (Å²) in [6.45, 7) is 0.941. The highest BCUT2D eigenvalue weighted by atomic mass is 19.2. The van der Waals surface area contributed by atoms with Crippen LogP contribution in [-0.4, -0.2) is 21.4 Å². The molecule has 0 fully saturated rings. The lowest BCUT2D eigenvalue weighted by Crippen LogP contribution is -2.35. The van der Waals surface area contributed by atoms with E-state index in [4.69, 9.17) is 0 Å². The molecule has 1 N–H and O–H groups in total. The quantitative estimate of drug-likeness (QED) is 0.718. The van der Waals surface area contributed by atoms with E-state index in [2.05, 4.69) is 9.97 Å². The van der Waals surface area contributed by atoms with E-state index in [1.807, 2.05) is 35.2 Å². The van der Waals surface area contributed by atoms with Gasteiger partial charge in [0.2, 0.25) is 0 Å². The molecular formula is C20H16F3N3O. The van der Waals surface area contributed by atoms with E-state index in [-0.39, 0.29) is 17.7 Å². The predicted octanol–water partition coefficient (Wildman–Crippen LogP) is 3.41. The number of benzene rings is 2. The lowest BCUT2D eigenvalue weighted by atomic mass is 10.0. The smallest absolute Gasteiger partial charge is 0.254 e. The second-order valence-electron chi connectivity index (χ2n) is 6.52. The van der Waals surface area contributed by atoms with E-state index < -0.39 is 17.5 Å². The molecule has 4 rings (SSSR count). The van der Waals surface area contributed by atoms with Gasteiger partial charge >= 0.3 is 0 Å². The van der Waals surface area contributed by atoms with Crippen molar-refractivity contribution >= 4 is 0 Å². The van der Waals surface area contributed by atoms with E-state index in [0.29, 0.717) is 42.7 Å². The molecule has 3 aromatic rings. The van der Waals surface area contributed by atoms with Gasteiger partial charge in [0.15, 0.2) is 11.6 Å². The number of hydrogen-bond donors (Lipinski definition) is 1. The Morgan fingerprint density at radius 3 is 2.56 bits per heavy atom. The summed E-state index contributed by atoms with van der Waals surface area (Å²) < 4.78 is 40.5. The molecule has 0 saturated heterocycles. The van der Waals surface area contributed by atoms with Gasteiger partial charge in [0.05, 0.1) is 5.69 Å². The number of aromatic nitrogens is 2. The van der Waals surface area contributed by atoms with Crippen LogP contribution in [0.4, 0.5) is 13.2 Å². The molecule has 0 saturated carbocycles. The van der Waals surface area contributed by atoms with Crippen molar-refractivity contribution in [2.45, 2.75) is 19.5 Å². The first-order valence-electron chi connectivity index (χ1n) is 8.54. The lowest BCUT2D eigenvalue weighted by molar-refractivity contribution is 0.236. The van der Waals surface area contributed by atoms with Gasteiger partial charge in [-0.15, -0.1) is 0 Å². The monoisotopic (exact) mass is 371 g/mol. The van der Waals surface area contributed by atoms with Crippen LogP contribution in [0.1, 0.15) is 16.8 Å². The Balaban J connectivity index is 1.62. The minimum atomic E-state index is -1.21. The summed E-state index contributed by atoms with van der Waals surface area (Å²) in [5.74, 6) is -2.60. The van der Waals surface area contributed by atoms with Crippen LogP contribution in [0.2, 0.25) is 0 Å². The van der Waals surface area contributed by atoms with Gasteiger partial charge in [0.1, 0.15) is 11.6 Å². The molecule has 7 heteroatoms. The maximum Gasteiger partial charge on any atom is 0.254 e. The van der Waals surface area contributed by atoms with Crippen LogP contribution in [0.25, 0.3) is 11.4 Å². The number of aromatic amines is 1. The molecule has 27 heavy (non-hydrogen) atoms. The van der Waals surface area contributed by atoms with Crippen molar-refractivity contribution < 1.29 is 13.2 Å². The van der Waals surface area contributed by atoms with Crippen LogP contribution >= 0.6 is 0 Å². The molecule has 0 amide bonds. The van der Waals surface area contributed by atoms with Gasteiger partial charge in [0.25, 0.3) is 5.56 Å². The van der Waals surface area contributed by atoms with Gasteiger partial charge in [-0.2, -0.15) is 0 Å². The molecular weight excluding hydrogens is 355 g/mol. The molecule has 1 aliphatic heterocycles. The van der Waals surface area contributed by atoms with Crippen molar-refractivity contribution in [3.05, 3.63) is 87.1 Å². The second kappa shape index (κ2) is 7.00. The van der Waals surface area contributed by atoms with E-state index in [1.54, 1.807) is 0 Å². The van der Waals surface area contributed by atoms with Crippen LogP contribution in [0, 0.1) is 17.5 Å². The first-order chi connectivity index (χ1) is 13.0. The normalized spacial score (nSPS) is 14.2. The third-order valence-electron chi connectivity index (χ3n) is 4.68. The van der Waals surface area contributed by atoms with Gasteiger partial charge in [0, 0.05) is 42.4 Å². The van der Waals surface area contributed by atoms with Crippen molar-refractivity contribution in [3.8, 4) is 11.4 Å². The van der Waals surface area contributed by atoms with Crippen molar-refractivity contribution in [2.75, 3.05) is 6.54 Å². The van der Waals surface area contributed by atoms with Crippen LogP contribution in [0.5, 0.6) is 0 Å². The van der Waals surface area contributed by atoms with Crippen LogP contribution < -0.4 is 5.56 Å². The Morgan fingerprint density at radius 2 is 1.78 bits per heavy atom. The number of rotatable bonds is 3. The average Bonchev–Trinajstić information content (AvgIpc) is 2.66. The zero-order valence-electron chi connectivity index (χ0n) is 14.3. The van der Waals surface area contributed by atoms with Crippen molar-refractivity contribution in [2.24, 2.45) is 0 Å². The van der Waals surface area contributed by atoms with Crippen molar-refractivity contribution in [1.82, 2.24) is 14.9 Å². The Kier molecular flexibility index (Phi) is 4.53. The lowest BCUT2D eigenvalue weighted by Gasteiger charge is -2.28. The molecule has 0 unspecified atom stereocenters. The van der Waals surface area contributed by atoms with Gasteiger partial charge in [-0.3, -0.25) is 9.69 Å². The first-order valence-corrected chi connectivity index (χ1v) is 8.54. The fraction of sp³-hybridized carbons (Fsp3) is 0.200. The van der Waals surface area contributed by atoms with E-state index >= 15 is 0 Å². The minimum absolute atomic E-state index is 0.0745. The molecule has 138 valence electrons. The van der Waals surface area contributed by atoms with E-state index in [0.717, 1.165) is 11.6 Å². The largest absolute Gasteiger partial charge is 0.306 e. The highest BCUT2D eigenvalue weighted by Crippen LogP contribution is 2.22. The molecule has 1 aromatic heterocycles. The summed E-state index contributed by atoms with van der Waals surface area (Å²) >= 11 is 0. The van der Waals surface area contributed by atoms with Gasteiger partial charge in [-0.05, 0) is 12.5 Å². The summed E-state index contributed by atoms with van der Waals surface area (Å²) in [4.78, 5) is 21.6. The third kappa shape index (κ3) is 3.50. The van der Waals surface area contributed by atoms with Crippen LogP contribution in [0.15, 0.2) is 47.3 Å². The molecule has 4 nitrogen and oxygen atoms in total. The van der Waals surface area contributed by atoms with Gasteiger partial charge < -0.3 is 4.98 Å². The highest BCUT2D eigenvalue weighted by Gasteiger charge is 2.23. The van der Waals surface area contributed by atoms with E-state index in [9.17, 15) is 18.0 Å². The molecule has 0 bridgehead atoms. The maximum atomic E-state index is 13.9. The van der Waals surface area contributed by atoms with Crippen molar-refractivity contribution in [1.29, 1.82) is 0 Å². The summed E-state index contributed by atoms with van der Waals surface area (Å²) in [5, 5.41) is 0. The molecule has 0 atom stereocenters. The number of hydrogen-bond acceptors (Lipinski definition) is 3. The zero-order valence-corrected chi connectivity index (χ0v) is 14.3. The Labute approximate surface area is 153 Å². The summed E-state index contributed by atoms with van der Waals surface area (Å²) in [6.07, 6.45) is 0.456. The SMILES string of the molecule is O=c1[nH]c(-c2ccccc2)nc2c1CCN(Cc1cc(F)c(F)cc1F)C2. The summed E-state index contributed by atoms with van der Waals surface area (Å²) in [7, 11) is 0. The Morgan fingerprint density at radius 1 is 1.04 bits per heavy atom. The minimum Gasteiger partial charge on any atom is -0.306 e. The van der Waals surface area contributed by atoms with Gasteiger partial charge in [-0.1, -0.05) is 30.3 Å². The summed E-state index contributed by atoms with van der Waals surface area (Å²) in [5.41, 5.74) is 1.91. The topological polar surface area (TPSA) is 49.0 Å². The zero-order chi connectivity index (χ0) is 19.0. The predicted molar refractivity (Wildman–Crippen MR) is 94.4 cm³/mol. The Bertz CT molecular complexity index is 1050. The van der Waals surface area contributed by atoms with E-state index in [1.165, 1.54) is 0 Å². The molecule has 2 heterocycles. The maximum absolute atomic E-state index is 13.9. The Hall–Kier alpha value is -2.93. The molecule has 0 aliphatic carbocycles.